The van der Waals surface area contributed by atoms with Crippen LogP contribution < -0.4 is 10.6 Å². The summed E-state index contributed by atoms with van der Waals surface area (Å²) in [7, 11) is 0. The number of rotatable bonds is 3. The van der Waals surface area contributed by atoms with Gasteiger partial charge in [-0.05, 0) is 55.2 Å². The number of aromatic nitrogens is 1. The first kappa shape index (κ1) is 15.2. The van der Waals surface area contributed by atoms with E-state index in [9.17, 15) is 9.59 Å². The summed E-state index contributed by atoms with van der Waals surface area (Å²) in [6, 6.07) is 7.31. The number of carbonyl (C=O) groups excluding carboxylic acids is 2. The van der Waals surface area contributed by atoms with Gasteiger partial charge >= 0.3 is 0 Å². The first-order valence-corrected chi connectivity index (χ1v) is 7.77. The van der Waals surface area contributed by atoms with Crippen LogP contribution in [0.3, 0.4) is 0 Å². The zero-order valence-corrected chi connectivity index (χ0v) is 13.3. The second-order valence-electron chi connectivity index (χ2n) is 5.65. The molecule has 0 radical (unpaired) electrons. The van der Waals surface area contributed by atoms with Gasteiger partial charge in [0.15, 0.2) is 0 Å². The summed E-state index contributed by atoms with van der Waals surface area (Å²) in [5, 5.41) is 5.78. The third kappa shape index (κ3) is 3.08. The molecule has 0 atom stereocenters. The molecule has 5 heteroatoms. The fourth-order valence-electron chi connectivity index (χ4n) is 2.92. The summed E-state index contributed by atoms with van der Waals surface area (Å²) in [5.41, 5.74) is 5.12. The van der Waals surface area contributed by atoms with Crippen LogP contribution in [0.25, 0.3) is 0 Å². The Labute approximate surface area is 135 Å². The molecule has 1 aliphatic rings. The Hall–Kier alpha value is -2.69. The minimum absolute atomic E-state index is 0.0362. The molecule has 0 saturated carbocycles. The van der Waals surface area contributed by atoms with E-state index in [1.807, 2.05) is 32.0 Å². The zero-order chi connectivity index (χ0) is 16.4. The highest BCUT2D eigenvalue weighted by Crippen LogP contribution is 2.26. The average molecular weight is 309 g/mol. The topological polar surface area (TPSA) is 71.1 Å². The first-order chi connectivity index (χ1) is 11.1. The lowest BCUT2D eigenvalue weighted by Gasteiger charge is -2.18. The number of amides is 2. The summed E-state index contributed by atoms with van der Waals surface area (Å²) >= 11 is 0. The second kappa shape index (κ2) is 6.20. The molecule has 0 saturated heterocycles. The molecule has 2 aromatic rings. The maximum absolute atomic E-state index is 12.6. The van der Waals surface area contributed by atoms with E-state index >= 15 is 0 Å². The van der Waals surface area contributed by atoms with E-state index in [0.717, 1.165) is 34.6 Å². The highest BCUT2D eigenvalue weighted by Gasteiger charge is 2.17. The van der Waals surface area contributed by atoms with Crippen molar-refractivity contribution in [1.82, 2.24) is 4.98 Å². The number of carbonyl (C=O) groups is 2. The number of anilines is 2. The normalized spacial score (nSPS) is 13.2. The summed E-state index contributed by atoms with van der Waals surface area (Å²) in [6.07, 6.45) is 3.60. The largest absolute Gasteiger partial charge is 0.326 e. The second-order valence-corrected chi connectivity index (χ2v) is 5.65. The van der Waals surface area contributed by atoms with Gasteiger partial charge in [0.05, 0.1) is 0 Å². The van der Waals surface area contributed by atoms with Gasteiger partial charge in [0, 0.05) is 35.2 Å². The molecule has 2 N–H and O–H groups in total. The Morgan fingerprint density at radius 3 is 2.91 bits per heavy atom. The molecule has 0 bridgehead atoms. The molecule has 3 rings (SSSR count). The van der Waals surface area contributed by atoms with E-state index < -0.39 is 0 Å². The molecule has 1 aliphatic heterocycles. The fraction of sp³-hybridized carbons (Fsp3) is 0.278. The first-order valence-electron chi connectivity index (χ1n) is 7.77. The van der Waals surface area contributed by atoms with Crippen molar-refractivity contribution in [2.45, 2.75) is 33.1 Å². The molecular formula is C18H19N3O2. The van der Waals surface area contributed by atoms with Crippen LogP contribution in [0.5, 0.6) is 0 Å². The number of fused-ring (bicyclic) bond motifs is 1. The SMILES string of the molecule is CCc1c(C(=O)Nc2ccc3c(c2)CCC(=O)N3)ccnc1C. The predicted molar refractivity (Wildman–Crippen MR) is 89.7 cm³/mol. The van der Waals surface area contributed by atoms with Gasteiger partial charge in [0.25, 0.3) is 5.91 Å². The molecule has 0 unspecified atom stereocenters. The highest BCUT2D eigenvalue weighted by atomic mass is 16.2. The van der Waals surface area contributed by atoms with Gasteiger partial charge in [0.2, 0.25) is 5.91 Å². The van der Waals surface area contributed by atoms with E-state index in [1.165, 1.54) is 0 Å². The van der Waals surface area contributed by atoms with Gasteiger partial charge in [0.1, 0.15) is 0 Å². The van der Waals surface area contributed by atoms with Crippen LogP contribution in [0.4, 0.5) is 11.4 Å². The number of hydrogen-bond donors (Lipinski definition) is 2. The monoisotopic (exact) mass is 309 g/mol. The maximum atomic E-state index is 12.6. The summed E-state index contributed by atoms with van der Waals surface area (Å²) in [5.74, 6) is -0.0960. The van der Waals surface area contributed by atoms with Gasteiger partial charge in [-0.1, -0.05) is 6.92 Å². The smallest absolute Gasteiger partial charge is 0.256 e. The van der Waals surface area contributed by atoms with Gasteiger partial charge in [-0.15, -0.1) is 0 Å². The van der Waals surface area contributed by atoms with Crippen molar-refractivity contribution in [3.63, 3.8) is 0 Å². The average Bonchev–Trinajstić information content (AvgIpc) is 2.54. The van der Waals surface area contributed by atoms with Crippen LogP contribution >= 0.6 is 0 Å². The lowest BCUT2D eigenvalue weighted by molar-refractivity contribution is -0.116. The van der Waals surface area contributed by atoms with Gasteiger partial charge in [-0.25, -0.2) is 0 Å². The highest BCUT2D eigenvalue weighted by molar-refractivity contribution is 6.05. The van der Waals surface area contributed by atoms with E-state index in [4.69, 9.17) is 0 Å². The third-order valence-corrected chi connectivity index (χ3v) is 4.13. The summed E-state index contributed by atoms with van der Waals surface area (Å²) < 4.78 is 0. The van der Waals surface area contributed by atoms with Crippen molar-refractivity contribution in [2.75, 3.05) is 10.6 Å². The van der Waals surface area contributed by atoms with E-state index in [-0.39, 0.29) is 11.8 Å². The van der Waals surface area contributed by atoms with Crippen molar-refractivity contribution >= 4 is 23.2 Å². The van der Waals surface area contributed by atoms with Crippen LogP contribution in [0.2, 0.25) is 0 Å². The predicted octanol–water partition coefficient (Wildman–Crippen LogP) is 3.09. The minimum atomic E-state index is -0.132. The Bertz CT molecular complexity index is 784. The molecule has 1 aromatic heterocycles. The maximum Gasteiger partial charge on any atom is 0.256 e. The van der Waals surface area contributed by atoms with Crippen molar-refractivity contribution in [1.29, 1.82) is 0 Å². The molecule has 0 spiro atoms. The third-order valence-electron chi connectivity index (χ3n) is 4.13. The lowest BCUT2D eigenvalue weighted by atomic mass is 10.0. The number of nitrogens with zero attached hydrogens (tertiary/aromatic N) is 1. The van der Waals surface area contributed by atoms with Crippen LogP contribution in [0.15, 0.2) is 30.5 Å². The quantitative estimate of drug-likeness (QED) is 0.915. The van der Waals surface area contributed by atoms with Crippen LogP contribution in [-0.2, 0) is 17.6 Å². The Kier molecular flexibility index (Phi) is 4.10. The van der Waals surface area contributed by atoms with Crippen LogP contribution in [0, 0.1) is 6.92 Å². The van der Waals surface area contributed by atoms with Crippen molar-refractivity contribution in [2.24, 2.45) is 0 Å². The van der Waals surface area contributed by atoms with Crippen molar-refractivity contribution < 1.29 is 9.59 Å². The van der Waals surface area contributed by atoms with E-state index in [2.05, 4.69) is 15.6 Å². The fourth-order valence-corrected chi connectivity index (χ4v) is 2.92. The van der Waals surface area contributed by atoms with Crippen LogP contribution in [-0.4, -0.2) is 16.8 Å². The number of benzene rings is 1. The van der Waals surface area contributed by atoms with E-state index in [1.54, 1.807) is 12.3 Å². The van der Waals surface area contributed by atoms with Crippen LogP contribution in [0.1, 0.15) is 40.5 Å². The van der Waals surface area contributed by atoms with Gasteiger partial charge in [-0.2, -0.15) is 0 Å². The molecule has 2 amide bonds. The molecule has 118 valence electrons. The number of pyridine rings is 1. The zero-order valence-electron chi connectivity index (χ0n) is 13.3. The van der Waals surface area contributed by atoms with Crippen molar-refractivity contribution in [3.05, 3.63) is 52.8 Å². The molecule has 23 heavy (non-hydrogen) atoms. The van der Waals surface area contributed by atoms with Crippen molar-refractivity contribution in [3.8, 4) is 0 Å². The molecule has 2 heterocycles. The number of aryl methyl sites for hydroxylation is 2. The minimum Gasteiger partial charge on any atom is -0.326 e. The summed E-state index contributed by atoms with van der Waals surface area (Å²) in [4.78, 5) is 28.2. The molecule has 5 nitrogen and oxygen atoms in total. The molecule has 1 aromatic carbocycles. The number of hydrogen-bond acceptors (Lipinski definition) is 3. The summed E-state index contributed by atoms with van der Waals surface area (Å²) in [6.45, 7) is 3.93. The Balaban J connectivity index is 1.84. The molecule has 0 aliphatic carbocycles. The molecular weight excluding hydrogens is 290 g/mol. The number of nitrogens with one attached hydrogen (secondary N) is 2. The molecule has 0 fully saturated rings. The Morgan fingerprint density at radius 2 is 2.13 bits per heavy atom. The van der Waals surface area contributed by atoms with Gasteiger partial charge in [-0.3, -0.25) is 14.6 Å². The standard InChI is InChI=1S/C18H19N3O2/c1-3-14-11(2)19-9-8-15(14)18(23)20-13-5-6-16-12(10-13)4-7-17(22)21-16/h5-6,8-10H,3-4,7H2,1-2H3,(H,20,23)(H,21,22). The lowest BCUT2D eigenvalue weighted by Crippen LogP contribution is -2.20. The van der Waals surface area contributed by atoms with Gasteiger partial charge < -0.3 is 10.6 Å². The Morgan fingerprint density at radius 1 is 1.30 bits per heavy atom. The van der Waals surface area contributed by atoms with E-state index in [0.29, 0.717) is 18.4 Å².